The second-order valence-corrected chi connectivity index (χ2v) is 6.77. The highest BCUT2D eigenvalue weighted by molar-refractivity contribution is 5.77. The SMILES string of the molecule is COCCC(=O)N1CCCC[C@H]1c1cc(-c2ccc(F)cc2)cc(C)n1. The number of benzene rings is 1. The molecule has 0 saturated carbocycles. The number of nitrogens with zero attached hydrogens (tertiary/aromatic N) is 2. The molecule has 1 aromatic carbocycles. The van der Waals surface area contributed by atoms with Crippen LogP contribution in [0.1, 0.15) is 43.1 Å². The summed E-state index contributed by atoms with van der Waals surface area (Å²) >= 11 is 0. The Morgan fingerprint density at radius 3 is 2.73 bits per heavy atom. The summed E-state index contributed by atoms with van der Waals surface area (Å²) in [5, 5.41) is 0. The van der Waals surface area contributed by atoms with Crippen molar-refractivity contribution in [1.82, 2.24) is 9.88 Å². The minimum absolute atomic E-state index is 0.00722. The minimum Gasteiger partial charge on any atom is -0.384 e. The molecule has 0 unspecified atom stereocenters. The van der Waals surface area contributed by atoms with E-state index in [1.54, 1.807) is 19.2 Å². The monoisotopic (exact) mass is 356 g/mol. The Hall–Kier alpha value is -2.27. The normalized spacial score (nSPS) is 17.3. The molecule has 1 fully saturated rings. The molecule has 0 spiro atoms. The lowest BCUT2D eigenvalue weighted by Gasteiger charge is -2.35. The van der Waals surface area contributed by atoms with Crippen LogP contribution in [0.5, 0.6) is 0 Å². The van der Waals surface area contributed by atoms with Crippen LogP contribution in [-0.2, 0) is 9.53 Å². The van der Waals surface area contributed by atoms with Crippen molar-refractivity contribution in [3.63, 3.8) is 0 Å². The predicted octanol–water partition coefficient (Wildman–Crippen LogP) is 4.29. The van der Waals surface area contributed by atoms with Crippen molar-refractivity contribution >= 4 is 5.91 Å². The lowest BCUT2D eigenvalue weighted by atomic mass is 9.95. The number of aromatic nitrogens is 1. The fraction of sp³-hybridized carbons (Fsp3) is 0.429. The highest BCUT2D eigenvalue weighted by atomic mass is 19.1. The van der Waals surface area contributed by atoms with Crippen LogP contribution in [0.2, 0.25) is 0 Å². The third-order valence-electron chi connectivity index (χ3n) is 4.84. The first-order valence-electron chi connectivity index (χ1n) is 9.11. The molecule has 1 aromatic heterocycles. The standard InChI is InChI=1S/C21H25FN2O2/c1-15-13-17(16-6-8-18(22)9-7-16)14-19(23-15)20-5-3-4-11-24(20)21(25)10-12-26-2/h6-9,13-14,20H,3-5,10-12H2,1-2H3/t20-/m0/s1. The fourth-order valence-corrected chi connectivity index (χ4v) is 3.54. The van der Waals surface area contributed by atoms with Gasteiger partial charge in [-0.1, -0.05) is 12.1 Å². The molecule has 26 heavy (non-hydrogen) atoms. The zero-order valence-corrected chi connectivity index (χ0v) is 15.4. The maximum absolute atomic E-state index is 13.2. The smallest absolute Gasteiger partial charge is 0.225 e. The second-order valence-electron chi connectivity index (χ2n) is 6.77. The van der Waals surface area contributed by atoms with Crippen LogP contribution >= 0.6 is 0 Å². The van der Waals surface area contributed by atoms with Crippen LogP contribution in [0.15, 0.2) is 36.4 Å². The van der Waals surface area contributed by atoms with E-state index in [1.807, 2.05) is 24.0 Å². The van der Waals surface area contributed by atoms with Gasteiger partial charge in [0.05, 0.1) is 24.8 Å². The lowest BCUT2D eigenvalue weighted by molar-refractivity contribution is -0.136. The first-order chi connectivity index (χ1) is 12.6. The average molecular weight is 356 g/mol. The Morgan fingerprint density at radius 2 is 2.00 bits per heavy atom. The summed E-state index contributed by atoms with van der Waals surface area (Å²) < 4.78 is 18.3. The molecule has 1 saturated heterocycles. The van der Waals surface area contributed by atoms with Gasteiger partial charge in [-0.25, -0.2) is 4.39 Å². The maximum Gasteiger partial charge on any atom is 0.225 e. The van der Waals surface area contributed by atoms with E-state index < -0.39 is 0 Å². The molecule has 0 N–H and O–H groups in total. The molecule has 1 aliphatic rings. The van der Waals surface area contributed by atoms with E-state index in [4.69, 9.17) is 9.72 Å². The van der Waals surface area contributed by atoms with Gasteiger partial charge in [-0.2, -0.15) is 0 Å². The van der Waals surface area contributed by atoms with Gasteiger partial charge in [0.15, 0.2) is 0 Å². The van der Waals surface area contributed by atoms with E-state index in [0.29, 0.717) is 13.0 Å². The van der Waals surface area contributed by atoms with Crippen molar-refractivity contribution < 1.29 is 13.9 Å². The van der Waals surface area contributed by atoms with Crippen molar-refractivity contribution in [3.05, 3.63) is 53.6 Å². The summed E-state index contributed by atoms with van der Waals surface area (Å²) in [5.74, 6) is -0.134. The predicted molar refractivity (Wildman–Crippen MR) is 99.2 cm³/mol. The number of rotatable bonds is 5. The van der Waals surface area contributed by atoms with E-state index in [2.05, 4.69) is 0 Å². The summed E-state index contributed by atoms with van der Waals surface area (Å²) in [7, 11) is 1.61. The van der Waals surface area contributed by atoms with Gasteiger partial charge in [0, 0.05) is 19.3 Å². The first kappa shape index (κ1) is 18.5. The van der Waals surface area contributed by atoms with E-state index >= 15 is 0 Å². The molecule has 2 aromatic rings. The van der Waals surface area contributed by atoms with E-state index in [0.717, 1.165) is 48.3 Å². The number of carbonyl (C=O) groups is 1. The number of methoxy groups -OCH3 is 1. The Balaban J connectivity index is 1.91. The zero-order chi connectivity index (χ0) is 18.5. The summed E-state index contributed by atoms with van der Waals surface area (Å²) in [6.07, 6.45) is 3.41. The van der Waals surface area contributed by atoms with Gasteiger partial charge >= 0.3 is 0 Å². The van der Waals surface area contributed by atoms with E-state index in [-0.39, 0.29) is 17.8 Å². The highest BCUT2D eigenvalue weighted by Gasteiger charge is 2.29. The second kappa shape index (κ2) is 8.41. The van der Waals surface area contributed by atoms with Gasteiger partial charge in [0.25, 0.3) is 0 Å². The maximum atomic E-state index is 13.2. The molecule has 0 bridgehead atoms. The van der Waals surface area contributed by atoms with Gasteiger partial charge in [-0.3, -0.25) is 9.78 Å². The number of aryl methyl sites for hydroxylation is 1. The summed E-state index contributed by atoms with van der Waals surface area (Å²) in [5.41, 5.74) is 3.76. The van der Waals surface area contributed by atoms with E-state index in [1.165, 1.54) is 12.1 Å². The average Bonchev–Trinajstić information content (AvgIpc) is 2.66. The largest absolute Gasteiger partial charge is 0.384 e. The molecule has 1 atom stereocenters. The van der Waals surface area contributed by atoms with Crippen molar-refractivity contribution in [2.75, 3.05) is 20.3 Å². The topological polar surface area (TPSA) is 42.4 Å². The van der Waals surface area contributed by atoms with Crippen LogP contribution < -0.4 is 0 Å². The van der Waals surface area contributed by atoms with Gasteiger partial charge in [0.1, 0.15) is 5.82 Å². The number of likely N-dealkylation sites (tertiary alicyclic amines) is 1. The Morgan fingerprint density at radius 1 is 1.23 bits per heavy atom. The molecule has 0 aliphatic carbocycles. The molecule has 5 heteroatoms. The molecule has 1 aliphatic heterocycles. The third kappa shape index (κ3) is 4.28. The molecular weight excluding hydrogens is 331 g/mol. The first-order valence-corrected chi connectivity index (χ1v) is 9.11. The Labute approximate surface area is 154 Å². The summed E-state index contributed by atoms with van der Waals surface area (Å²) in [4.78, 5) is 19.3. The molecule has 2 heterocycles. The molecule has 138 valence electrons. The van der Waals surface area contributed by atoms with Crippen LogP contribution in [0.3, 0.4) is 0 Å². The number of amides is 1. The highest BCUT2D eigenvalue weighted by Crippen LogP contribution is 2.33. The Bertz CT molecular complexity index is 761. The number of pyridine rings is 1. The molecule has 1 amide bonds. The fourth-order valence-electron chi connectivity index (χ4n) is 3.54. The molecule has 3 rings (SSSR count). The van der Waals surface area contributed by atoms with Crippen LogP contribution in [0, 0.1) is 12.7 Å². The number of carbonyl (C=O) groups excluding carboxylic acids is 1. The minimum atomic E-state index is -0.248. The number of piperidine rings is 1. The van der Waals surface area contributed by atoms with Gasteiger partial charge < -0.3 is 9.64 Å². The van der Waals surface area contributed by atoms with Crippen LogP contribution in [0.25, 0.3) is 11.1 Å². The van der Waals surface area contributed by atoms with Gasteiger partial charge in [0.2, 0.25) is 5.91 Å². The molecular formula is C21H25FN2O2. The number of halogens is 1. The number of ether oxygens (including phenoxy) is 1. The van der Waals surface area contributed by atoms with Crippen LogP contribution in [0.4, 0.5) is 4.39 Å². The lowest BCUT2D eigenvalue weighted by Crippen LogP contribution is -2.39. The molecule has 0 radical (unpaired) electrons. The van der Waals surface area contributed by atoms with Crippen molar-refractivity contribution in [3.8, 4) is 11.1 Å². The van der Waals surface area contributed by atoms with E-state index in [9.17, 15) is 9.18 Å². The zero-order valence-electron chi connectivity index (χ0n) is 15.4. The van der Waals surface area contributed by atoms with Gasteiger partial charge in [-0.05, 0) is 61.6 Å². The Kier molecular flexibility index (Phi) is 5.99. The van der Waals surface area contributed by atoms with Gasteiger partial charge in [-0.15, -0.1) is 0 Å². The number of hydrogen-bond acceptors (Lipinski definition) is 3. The third-order valence-corrected chi connectivity index (χ3v) is 4.84. The van der Waals surface area contributed by atoms with Crippen molar-refractivity contribution in [2.24, 2.45) is 0 Å². The van der Waals surface area contributed by atoms with Crippen LogP contribution in [-0.4, -0.2) is 36.1 Å². The number of hydrogen-bond donors (Lipinski definition) is 0. The summed E-state index contributed by atoms with van der Waals surface area (Å²) in [6, 6.07) is 10.5. The molecule has 4 nitrogen and oxygen atoms in total. The van der Waals surface area contributed by atoms with Crippen molar-refractivity contribution in [2.45, 2.75) is 38.6 Å². The quantitative estimate of drug-likeness (QED) is 0.803. The summed E-state index contributed by atoms with van der Waals surface area (Å²) in [6.45, 7) is 3.15. The van der Waals surface area contributed by atoms with Crippen molar-refractivity contribution in [1.29, 1.82) is 0 Å².